The zero-order valence-electron chi connectivity index (χ0n) is 12.0. The topological polar surface area (TPSA) is 12.9 Å². The molecule has 109 valence electrons. The summed E-state index contributed by atoms with van der Waals surface area (Å²) in [6, 6.07) is 14.5. The number of pyridine rings is 1. The molecular weight excluding hydrogens is 434 g/mol. The summed E-state index contributed by atoms with van der Waals surface area (Å²) in [5.41, 5.74) is 6.32. The molecule has 0 aliphatic heterocycles. The fourth-order valence-corrected chi connectivity index (χ4v) is 5.39. The number of hydrogen-bond acceptors (Lipinski definition) is 1. The summed E-state index contributed by atoms with van der Waals surface area (Å²) in [6.45, 7) is 0. The van der Waals surface area contributed by atoms with Crippen molar-refractivity contribution in [3.05, 3.63) is 53.7 Å². The van der Waals surface area contributed by atoms with Crippen LogP contribution in [0.4, 0.5) is 0 Å². The molecule has 1 radical (unpaired) electrons. The van der Waals surface area contributed by atoms with Crippen molar-refractivity contribution in [1.82, 2.24) is 4.98 Å². The van der Waals surface area contributed by atoms with Crippen molar-refractivity contribution >= 4 is 0 Å². The fourth-order valence-electron chi connectivity index (χ4n) is 5.39. The van der Waals surface area contributed by atoms with Gasteiger partial charge < -0.3 is 4.98 Å². The molecule has 2 atom stereocenters. The van der Waals surface area contributed by atoms with Crippen molar-refractivity contribution in [1.29, 1.82) is 0 Å². The van der Waals surface area contributed by atoms with E-state index in [0.717, 1.165) is 0 Å². The number of benzene rings is 1. The molecule has 2 saturated carbocycles. The SMILES string of the molecule is [Ir].[c-]1cccc2c1-c1ncccc1C13CCCCC21CC3. The molecule has 5 rings (SSSR count). The Kier molecular flexibility index (Phi) is 2.93. The number of aromatic nitrogens is 1. The van der Waals surface area contributed by atoms with Crippen molar-refractivity contribution in [2.45, 2.75) is 49.4 Å². The Bertz CT molecular complexity index is 649. The number of hydrogen-bond donors (Lipinski definition) is 0. The molecule has 2 aromatic rings. The summed E-state index contributed by atoms with van der Waals surface area (Å²) in [4.78, 5) is 4.73. The van der Waals surface area contributed by atoms with Gasteiger partial charge in [-0.15, -0.1) is 35.4 Å². The first-order valence-corrected chi connectivity index (χ1v) is 7.85. The van der Waals surface area contributed by atoms with E-state index in [9.17, 15) is 0 Å². The largest absolute Gasteiger partial charge is 0.304 e. The summed E-state index contributed by atoms with van der Waals surface area (Å²) in [7, 11) is 0. The van der Waals surface area contributed by atoms with E-state index in [2.05, 4.69) is 30.3 Å². The van der Waals surface area contributed by atoms with Gasteiger partial charge in [-0.3, -0.25) is 0 Å². The van der Waals surface area contributed by atoms with E-state index in [1.165, 1.54) is 60.9 Å². The molecule has 3 aliphatic rings. The van der Waals surface area contributed by atoms with Gasteiger partial charge in [0.1, 0.15) is 0 Å². The van der Waals surface area contributed by atoms with Gasteiger partial charge in [0.2, 0.25) is 0 Å². The average Bonchev–Trinajstić information content (AvgIpc) is 2.49. The standard InChI is InChI=1S/C19H18N.Ir/c1-2-7-15-14(6-1)17-16(8-5-13-20-17)19-10-4-3-9-18(15,19)11-12-19;/h1-2,5,7-8,13H,3-4,9-12H2;/q-1;. The summed E-state index contributed by atoms with van der Waals surface area (Å²) in [5, 5.41) is 0. The summed E-state index contributed by atoms with van der Waals surface area (Å²) in [6.07, 6.45) is 10.1. The van der Waals surface area contributed by atoms with Crippen molar-refractivity contribution in [2.24, 2.45) is 0 Å². The van der Waals surface area contributed by atoms with Crippen molar-refractivity contribution in [3.8, 4) is 11.3 Å². The van der Waals surface area contributed by atoms with Crippen molar-refractivity contribution in [2.75, 3.05) is 0 Å². The van der Waals surface area contributed by atoms with E-state index < -0.39 is 0 Å². The molecule has 1 heterocycles. The summed E-state index contributed by atoms with van der Waals surface area (Å²) in [5.74, 6) is 0. The third-order valence-electron chi connectivity index (χ3n) is 6.28. The first-order valence-electron chi connectivity index (χ1n) is 7.85. The van der Waals surface area contributed by atoms with Gasteiger partial charge in [-0.2, -0.15) is 0 Å². The maximum absolute atomic E-state index is 4.73. The third kappa shape index (κ3) is 1.43. The molecule has 3 aliphatic carbocycles. The summed E-state index contributed by atoms with van der Waals surface area (Å²) < 4.78 is 0. The van der Waals surface area contributed by atoms with Crippen LogP contribution in [0.1, 0.15) is 49.7 Å². The van der Waals surface area contributed by atoms with Crippen LogP contribution in [-0.4, -0.2) is 4.98 Å². The maximum atomic E-state index is 4.73. The molecule has 0 spiro atoms. The van der Waals surface area contributed by atoms with Gasteiger partial charge in [0, 0.05) is 26.3 Å². The van der Waals surface area contributed by atoms with E-state index in [4.69, 9.17) is 4.98 Å². The normalized spacial score (nSPS) is 31.6. The van der Waals surface area contributed by atoms with Gasteiger partial charge >= 0.3 is 0 Å². The minimum Gasteiger partial charge on any atom is -0.304 e. The van der Waals surface area contributed by atoms with Gasteiger partial charge in [0.15, 0.2) is 0 Å². The van der Waals surface area contributed by atoms with Crippen LogP contribution >= 0.6 is 0 Å². The fraction of sp³-hybridized carbons (Fsp3) is 0.421. The van der Waals surface area contributed by atoms with E-state index in [1.54, 1.807) is 0 Å². The number of fused-ring (bicyclic) bond motifs is 3. The second kappa shape index (κ2) is 4.51. The first-order chi connectivity index (χ1) is 9.87. The van der Waals surface area contributed by atoms with E-state index in [0.29, 0.717) is 10.8 Å². The van der Waals surface area contributed by atoms with Crippen LogP contribution < -0.4 is 0 Å². The van der Waals surface area contributed by atoms with E-state index in [1.807, 2.05) is 12.3 Å². The molecule has 1 aromatic heterocycles. The maximum Gasteiger partial charge on any atom is 0.0161 e. The van der Waals surface area contributed by atoms with Crippen LogP contribution in [0, 0.1) is 6.07 Å². The molecule has 2 unspecified atom stereocenters. The van der Waals surface area contributed by atoms with Crippen molar-refractivity contribution in [3.63, 3.8) is 0 Å². The molecule has 1 aromatic carbocycles. The smallest absolute Gasteiger partial charge is 0.0161 e. The molecule has 1 nitrogen and oxygen atoms in total. The third-order valence-corrected chi connectivity index (χ3v) is 6.28. The van der Waals surface area contributed by atoms with Gasteiger partial charge in [0.25, 0.3) is 0 Å². The number of rotatable bonds is 0. The average molecular weight is 453 g/mol. The van der Waals surface area contributed by atoms with Crippen LogP contribution in [0.25, 0.3) is 11.3 Å². The molecule has 0 saturated heterocycles. The van der Waals surface area contributed by atoms with E-state index >= 15 is 0 Å². The first kappa shape index (κ1) is 13.7. The van der Waals surface area contributed by atoms with Gasteiger partial charge in [0.05, 0.1) is 0 Å². The molecule has 21 heavy (non-hydrogen) atoms. The van der Waals surface area contributed by atoms with Gasteiger partial charge in [-0.1, -0.05) is 30.9 Å². The van der Waals surface area contributed by atoms with E-state index in [-0.39, 0.29) is 20.1 Å². The Hall–Kier alpha value is -0.981. The Morgan fingerprint density at radius 3 is 2.38 bits per heavy atom. The molecule has 0 N–H and O–H groups in total. The Morgan fingerprint density at radius 1 is 0.905 bits per heavy atom. The predicted octanol–water partition coefficient (Wildman–Crippen LogP) is 4.40. The predicted molar refractivity (Wildman–Crippen MR) is 79.6 cm³/mol. The van der Waals surface area contributed by atoms with Crippen molar-refractivity contribution < 1.29 is 20.1 Å². The van der Waals surface area contributed by atoms with Gasteiger partial charge in [-0.25, -0.2) is 0 Å². The Labute approximate surface area is 139 Å². The molecular formula is C19H18IrN-. The van der Waals surface area contributed by atoms with Crippen LogP contribution in [0.15, 0.2) is 36.5 Å². The number of nitrogens with zero attached hydrogens (tertiary/aromatic N) is 1. The zero-order valence-corrected chi connectivity index (χ0v) is 14.4. The van der Waals surface area contributed by atoms with Crippen LogP contribution in [-0.2, 0) is 30.9 Å². The summed E-state index contributed by atoms with van der Waals surface area (Å²) >= 11 is 0. The van der Waals surface area contributed by atoms with Crippen LogP contribution in [0.3, 0.4) is 0 Å². The molecule has 2 heteroatoms. The molecule has 0 bridgehead atoms. The van der Waals surface area contributed by atoms with Crippen LogP contribution in [0.2, 0.25) is 0 Å². The molecule has 0 amide bonds. The minimum atomic E-state index is 0. The second-order valence-electron chi connectivity index (χ2n) is 6.73. The second-order valence-corrected chi connectivity index (χ2v) is 6.73. The van der Waals surface area contributed by atoms with Crippen LogP contribution in [0.5, 0.6) is 0 Å². The quantitative estimate of drug-likeness (QED) is 0.540. The Balaban J connectivity index is 0.00000115. The zero-order chi connectivity index (χ0) is 13.2. The minimum absolute atomic E-state index is 0. The monoisotopic (exact) mass is 453 g/mol. The molecule has 2 fully saturated rings. The Morgan fingerprint density at radius 2 is 1.62 bits per heavy atom. The van der Waals surface area contributed by atoms with Gasteiger partial charge in [-0.05, 0) is 41.9 Å².